The monoisotopic (exact) mass is 384 g/mol. The Kier molecular flexibility index (Phi) is 5.33. The van der Waals surface area contributed by atoms with Crippen LogP contribution in [0.4, 0.5) is 5.82 Å². The van der Waals surface area contributed by atoms with Crippen LogP contribution in [0.3, 0.4) is 0 Å². The minimum Gasteiger partial charge on any atom is -0.409 e. The van der Waals surface area contributed by atoms with Gasteiger partial charge in [0, 0.05) is 43.0 Å². The Morgan fingerprint density at radius 2 is 1.79 bits per heavy atom. The van der Waals surface area contributed by atoms with Gasteiger partial charge in [0.05, 0.1) is 10.0 Å². The van der Waals surface area contributed by atoms with Gasteiger partial charge in [-0.25, -0.2) is 4.98 Å². The minimum absolute atomic E-state index is 0.411. The second kappa shape index (κ2) is 7.47. The standard InChI is InChI=1S/C16H15Cl3N4O/c17-11-3-4-13(18)12(10-11)15(21-24)22-6-8-23(9-7-22)16-14(19)2-1-5-20-16/h1-5,10,24H,6-9H2/b21-15+. The van der Waals surface area contributed by atoms with Gasteiger partial charge in [-0.2, -0.15) is 0 Å². The fourth-order valence-corrected chi connectivity index (χ4v) is 3.31. The number of pyridine rings is 1. The highest BCUT2D eigenvalue weighted by atomic mass is 35.5. The highest BCUT2D eigenvalue weighted by Gasteiger charge is 2.24. The predicted octanol–water partition coefficient (Wildman–Crippen LogP) is 4.00. The summed E-state index contributed by atoms with van der Waals surface area (Å²) < 4.78 is 0. The maximum atomic E-state index is 9.47. The number of piperazine rings is 1. The molecular weight excluding hydrogens is 371 g/mol. The average Bonchev–Trinajstić information content (AvgIpc) is 2.60. The van der Waals surface area contributed by atoms with Gasteiger partial charge in [-0.15, -0.1) is 0 Å². The van der Waals surface area contributed by atoms with Crippen LogP contribution in [0, 0.1) is 0 Å². The normalized spacial score (nSPS) is 15.7. The largest absolute Gasteiger partial charge is 0.409 e. The highest BCUT2D eigenvalue weighted by Crippen LogP contribution is 2.26. The summed E-state index contributed by atoms with van der Waals surface area (Å²) in [7, 11) is 0. The van der Waals surface area contributed by atoms with Gasteiger partial charge in [0.15, 0.2) is 5.84 Å². The molecule has 1 aliphatic rings. The third-order valence-corrected chi connectivity index (χ3v) is 4.74. The lowest BCUT2D eigenvalue weighted by molar-refractivity contribution is 0.296. The Morgan fingerprint density at radius 1 is 1.04 bits per heavy atom. The zero-order valence-electron chi connectivity index (χ0n) is 12.7. The number of hydrogen-bond acceptors (Lipinski definition) is 4. The van der Waals surface area contributed by atoms with Crippen molar-refractivity contribution in [2.45, 2.75) is 0 Å². The summed E-state index contributed by atoms with van der Waals surface area (Å²) in [6, 6.07) is 8.71. The Hall–Kier alpha value is -1.69. The lowest BCUT2D eigenvalue weighted by Crippen LogP contribution is -2.49. The van der Waals surface area contributed by atoms with Crippen molar-refractivity contribution in [1.82, 2.24) is 9.88 Å². The summed E-state index contributed by atoms with van der Waals surface area (Å²) in [6.07, 6.45) is 1.72. The van der Waals surface area contributed by atoms with Gasteiger partial charge in [-0.05, 0) is 30.3 Å². The van der Waals surface area contributed by atoms with Crippen LogP contribution in [0.2, 0.25) is 15.1 Å². The van der Waals surface area contributed by atoms with E-state index in [0.29, 0.717) is 52.6 Å². The van der Waals surface area contributed by atoms with Gasteiger partial charge in [0.2, 0.25) is 0 Å². The van der Waals surface area contributed by atoms with Crippen LogP contribution in [0.5, 0.6) is 0 Å². The number of benzene rings is 1. The first kappa shape index (κ1) is 17.1. The summed E-state index contributed by atoms with van der Waals surface area (Å²) in [5, 5.41) is 14.6. The van der Waals surface area contributed by atoms with Crippen molar-refractivity contribution in [3.63, 3.8) is 0 Å². The quantitative estimate of drug-likeness (QED) is 0.367. The number of hydrogen-bond donors (Lipinski definition) is 1. The van der Waals surface area contributed by atoms with E-state index in [2.05, 4.69) is 15.0 Å². The van der Waals surface area contributed by atoms with E-state index in [1.165, 1.54) is 0 Å². The maximum absolute atomic E-state index is 9.47. The van der Waals surface area contributed by atoms with E-state index in [0.717, 1.165) is 5.82 Å². The van der Waals surface area contributed by atoms with Gasteiger partial charge < -0.3 is 15.0 Å². The van der Waals surface area contributed by atoms with E-state index < -0.39 is 0 Å². The van der Waals surface area contributed by atoms with Gasteiger partial charge in [-0.1, -0.05) is 40.0 Å². The molecule has 0 atom stereocenters. The second-order valence-corrected chi connectivity index (χ2v) is 6.58. The van der Waals surface area contributed by atoms with Crippen molar-refractivity contribution in [1.29, 1.82) is 0 Å². The van der Waals surface area contributed by atoms with Crippen molar-refractivity contribution in [2.75, 3.05) is 31.1 Å². The van der Waals surface area contributed by atoms with Crippen molar-refractivity contribution in [3.8, 4) is 0 Å². The third-order valence-electron chi connectivity index (χ3n) is 3.88. The lowest BCUT2D eigenvalue weighted by Gasteiger charge is -2.37. The molecular formula is C16H15Cl3N4O. The number of aromatic nitrogens is 1. The summed E-state index contributed by atoms with van der Waals surface area (Å²) >= 11 is 18.5. The fraction of sp³-hybridized carbons (Fsp3) is 0.250. The Labute approximate surface area is 155 Å². The smallest absolute Gasteiger partial charge is 0.176 e. The van der Waals surface area contributed by atoms with Crippen LogP contribution in [0.1, 0.15) is 5.56 Å². The summed E-state index contributed by atoms with van der Waals surface area (Å²) in [5.41, 5.74) is 0.607. The van der Waals surface area contributed by atoms with Crippen LogP contribution >= 0.6 is 34.8 Å². The first-order chi connectivity index (χ1) is 11.6. The van der Waals surface area contributed by atoms with Crippen LogP contribution in [0.25, 0.3) is 0 Å². The number of halogens is 3. The summed E-state index contributed by atoms with van der Waals surface area (Å²) in [5.74, 6) is 1.18. The molecule has 8 heteroatoms. The molecule has 2 heterocycles. The van der Waals surface area contributed by atoms with Gasteiger partial charge in [-0.3, -0.25) is 0 Å². The third kappa shape index (κ3) is 3.53. The fourth-order valence-electron chi connectivity index (χ4n) is 2.70. The molecule has 0 bridgehead atoms. The number of nitrogens with zero attached hydrogens (tertiary/aromatic N) is 4. The molecule has 0 aliphatic carbocycles. The van der Waals surface area contributed by atoms with E-state index in [9.17, 15) is 5.21 Å². The van der Waals surface area contributed by atoms with E-state index in [4.69, 9.17) is 34.8 Å². The average molecular weight is 386 g/mol. The molecule has 126 valence electrons. The van der Waals surface area contributed by atoms with Crippen molar-refractivity contribution in [2.24, 2.45) is 5.16 Å². The minimum atomic E-state index is 0.411. The molecule has 0 spiro atoms. The molecule has 1 aromatic heterocycles. The first-order valence-corrected chi connectivity index (χ1v) is 8.51. The number of oxime groups is 1. The molecule has 0 amide bonds. The van der Waals surface area contributed by atoms with E-state index in [-0.39, 0.29) is 0 Å². The molecule has 1 N–H and O–H groups in total. The second-order valence-electron chi connectivity index (χ2n) is 5.33. The summed E-state index contributed by atoms with van der Waals surface area (Å²) in [4.78, 5) is 8.40. The van der Waals surface area contributed by atoms with Crippen LogP contribution in [-0.2, 0) is 0 Å². The molecule has 1 aliphatic heterocycles. The zero-order chi connectivity index (χ0) is 17.1. The predicted molar refractivity (Wildman–Crippen MR) is 97.8 cm³/mol. The number of amidine groups is 1. The molecule has 1 saturated heterocycles. The van der Waals surface area contributed by atoms with Crippen molar-refractivity contribution >= 4 is 46.5 Å². The topological polar surface area (TPSA) is 52.0 Å². The van der Waals surface area contributed by atoms with Gasteiger partial charge in [0.1, 0.15) is 5.82 Å². The highest BCUT2D eigenvalue weighted by molar-refractivity contribution is 6.36. The SMILES string of the molecule is O/N=C(\c1cc(Cl)ccc1Cl)N1CCN(c2ncccc2Cl)CC1. The van der Waals surface area contributed by atoms with Crippen LogP contribution in [0.15, 0.2) is 41.7 Å². The van der Waals surface area contributed by atoms with Gasteiger partial charge in [0.25, 0.3) is 0 Å². The number of anilines is 1. The number of rotatable bonds is 2. The van der Waals surface area contributed by atoms with E-state index in [1.54, 1.807) is 30.5 Å². The summed E-state index contributed by atoms with van der Waals surface area (Å²) in [6.45, 7) is 2.70. The molecule has 1 aromatic carbocycles. The zero-order valence-corrected chi connectivity index (χ0v) is 14.9. The molecule has 0 unspecified atom stereocenters. The Morgan fingerprint density at radius 3 is 2.46 bits per heavy atom. The van der Waals surface area contributed by atoms with E-state index in [1.807, 2.05) is 11.0 Å². The van der Waals surface area contributed by atoms with E-state index >= 15 is 0 Å². The van der Waals surface area contributed by atoms with Crippen molar-refractivity contribution in [3.05, 3.63) is 57.2 Å². The molecule has 2 aromatic rings. The molecule has 24 heavy (non-hydrogen) atoms. The maximum Gasteiger partial charge on any atom is 0.176 e. The molecule has 0 radical (unpaired) electrons. The first-order valence-electron chi connectivity index (χ1n) is 7.38. The molecule has 1 fully saturated rings. The Bertz CT molecular complexity index is 761. The molecule has 5 nitrogen and oxygen atoms in total. The van der Waals surface area contributed by atoms with Crippen molar-refractivity contribution < 1.29 is 5.21 Å². The van der Waals surface area contributed by atoms with Crippen LogP contribution < -0.4 is 4.90 Å². The van der Waals surface area contributed by atoms with Gasteiger partial charge >= 0.3 is 0 Å². The Balaban J connectivity index is 1.76. The lowest BCUT2D eigenvalue weighted by atomic mass is 10.1. The molecule has 0 saturated carbocycles. The van der Waals surface area contributed by atoms with Crippen LogP contribution in [-0.4, -0.2) is 47.1 Å². The molecule has 3 rings (SSSR count).